The summed E-state index contributed by atoms with van der Waals surface area (Å²) in [6.45, 7) is 0.973. The summed E-state index contributed by atoms with van der Waals surface area (Å²) in [5.74, 6) is -0.717. The summed E-state index contributed by atoms with van der Waals surface area (Å²) in [6.07, 6.45) is 4.10. The molecule has 2 fully saturated rings. The number of hydrogen-bond acceptors (Lipinski definition) is 3. The van der Waals surface area contributed by atoms with Crippen LogP contribution in [0, 0.1) is 17.2 Å². The van der Waals surface area contributed by atoms with Gasteiger partial charge in [0.2, 0.25) is 0 Å². The zero-order valence-corrected chi connectivity index (χ0v) is 9.97. The Morgan fingerprint density at radius 3 is 3.11 bits per heavy atom. The molecule has 2 atom stereocenters. The van der Waals surface area contributed by atoms with Crippen molar-refractivity contribution in [2.45, 2.75) is 19.3 Å². The van der Waals surface area contributed by atoms with Gasteiger partial charge in [-0.2, -0.15) is 0 Å². The third-order valence-electron chi connectivity index (χ3n) is 4.34. The van der Waals surface area contributed by atoms with Crippen LogP contribution in [0.5, 0.6) is 0 Å². The van der Waals surface area contributed by atoms with Gasteiger partial charge in [-0.3, -0.25) is 4.79 Å². The van der Waals surface area contributed by atoms with Crippen LogP contribution in [0.25, 0.3) is 0 Å². The number of hydrogen-bond donors (Lipinski definition) is 1. The van der Waals surface area contributed by atoms with Crippen LogP contribution in [0.3, 0.4) is 0 Å². The average molecular weight is 250 g/mol. The molecule has 2 heterocycles. The van der Waals surface area contributed by atoms with Crippen LogP contribution in [0.15, 0.2) is 18.3 Å². The lowest BCUT2D eigenvalue weighted by Crippen LogP contribution is -2.36. The summed E-state index contributed by atoms with van der Waals surface area (Å²) >= 11 is 0. The first-order valence-electron chi connectivity index (χ1n) is 6.22. The number of aromatic nitrogens is 1. The molecule has 4 nitrogen and oxygen atoms in total. The molecule has 1 aliphatic carbocycles. The summed E-state index contributed by atoms with van der Waals surface area (Å²) in [4.78, 5) is 17.3. The maximum Gasteiger partial charge on any atom is 0.311 e. The number of pyridine rings is 1. The quantitative estimate of drug-likeness (QED) is 0.871. The van der Waals surface area contributed by atoms with Crippen molar-refractivity contribution in [1.82, 2.24) is 4.98 Å². The molecule has 1 aromatic rings. The van der Waals surface area contributed by atoms with Crippen LogP contribution < -0.4 is 4.90 Å². The second kappa shape index (κ2) is 3.93. The molecular weight excluding hydrogens is 235 g/mol. The molecule has 1 aromatic heterocycles. The highest BCUT2D eigenvalue weighted by molar-refractivity contribution is 5.77. The fourth-order valence-corrected chi connectivity index (χ4v) is 3.41. The van der Waals surface area contributed by atoms with Gasteiger partial charge in [-0.25, -0.2) is 9.37 Å². The Morgan fingerprint density at radius 1 is 1.61 bits per heavy atom. The topological polar surface area (TPSA) is 53.4 Å². The third kappa shape index (κ3) is 1.50. The average Bonchev–Trinajstić information content (AvgIpc) is 2.86. The number of carbonyl (C=O) groups is 1. The summed E-state index contributed by atoms with van der Waals surface area (Å²) in [6, 6.07) is 2.91. The first-order valence-corrected chi connectivity index (χ1v) is 6.22. The molecule has 0 bridgehead atoms. The second-order valence-electron chi connectivity index (χ2n) is 5.24. The number of halogens is 1. The van der Waals surface area contributed by atoms with Crippen LogP contribution >= 0.6 is 0 Å². The van der Waals surface area contributed by atoms with Crippen molar-refractivity contribution in [3.8, 4) is 0 Å². The van der Waals surface area contributed by atoms with Crippen molar-refractivity contribution in [1.29, 1.82) is 0 Å². The summed E-state index contributed by atoms with van der Waals surface area (Å²) in [5.41, 5.74) is -0.691. The molecule has 1 saturated heterocycles. The molecule has 0 spiro atoms. The van der Waals surface area contributed by atoms with E-state index >= 15 is 0 Å². The first kappa shape index (κ1) is 11.4. The highest BCUT2D eigenvalue weighted by Gasteiger charge is 2.55. The zero-order chi connectivity index (χ0) is 12.8. The fourth-order valence-electron chi connectivity index (χ4n) is 3.41. The van der Waals surface area contributed by atoms with E-state index in [2.05, 4.69) is 4.98 Å². The lowest BCUT2D eigenvalue weighted by molar-refractivity contribution is -0.149. The Bertz CT molecular complexity index is 494. The summed E-state index contributed by atoms with van der Waals surface area (Å²) in [5, 5.41) is 9.47. The van der Waals surface area contributed by atoms with Crippen molar-refractivity contribution < 1.29 is 14.3 Å². The number of carboxylic acids is 1. The van der Waals surface area contributed by atoms with E-state index in [1.165, 1.54) is 6.07 Å². The smallest absolute Gasteiger partial charge is 0.311 e. The molecule has 0 radical (unpaired) electrons. The van der Waals surface area contributed by atoms with Crippen LogP contribution in [-0.4, -0.2) is 29.1 Å². The molecule has 1 aliphatic heterocycles. The number of carboxylic acid groups (broad SMARTS) is 1. The first-order chi connectivity index (χ1) is 8.63. The minimum absolute atomic E-state index is 0.122. The number of aliphatic carboxylic acids is 1. The number of fused-ring (bicyclic) bond motifs is 1. The van der Waals surface area contributed by atoms with Crippen molar-refractivity contribution in [3.05, 3.63) is 24.1 Å². The maximum absolute atomic E-state index is 13.7. The molecule has 2 aliphatic rings. The SMILES string of the molecule is O=C(O)[C@@]12CCC[C@H]1CN(c1ncccc1F)C2. The van der Waals surface area contributed by atoms with E-state index in [9.17, 15) is 14.3 Å². The molecule has 96 valence electrons. The minimum atomic E-state index is -0.746. The van der Waals surface area contributed by atoms with Gasteiger partial charge in [0.15, 0.2) is 11.6 Å². The van der Waals surface area contributed by atoms with Gasteiger partial charge in [-0.15, -0.1) is 0 Å². The Hall–Kier alpha value is -1.65. The second-order valence-corrected chi connectivity index (χ2v) is 5.24. The van der Waals surface area contributed by atoms with Crippen LogP contribution in [0.1, 0.15) is 19.3 Å². The van der Waals surface area contributed by atoms with Gasteiger partial charge in [0.05, 0.1) is 5.41 Å². The monoisotopic (exact) mass is 250 g/mol. The molecule has 0 unspecified atom stereocenters. The van der Waals surface area contributed by atoms with Gasteiger partial charge in [0.25, 0.3) is 0 Å². The summed E-state index contributed by atoms with van der Waals surface area (Å²) < 4.78 is 13.7. The van der Waals surface area contributed by atoms with Gasteiger partial charge in [-0.05, 0) is 30.9 Å². The van der Waals surface area contributed by atoms with Crippen LogP contribution in [0.2, 0.25) is 0 Å². The molecule has 3 rings (SSSR count). The minimum Gasteiger partial charge on any atom is -0.481 e. The predicted octanol–water partition coefficient (Wildman–Crippen LogP) is 1.91. The highest BCUT2D eigenvalue weighted by atomic mass is 19.1. The summed E-state index contributed by atoms with van der Waals surface area (Å²) in [7, 11) is 0. The fraction of sp³-hybridized carbons (Fsp3) is 0.538. The number of anilines is 1. The molecule has 1 saturated carbocycles. The number of nitrogens with zero attached hydrogens (tertiary/aromatic N) is 2. The van der Waals surface area contributed by atoms with Crippen molar-refractivity contribution in [2.75, 3.05) is 18.0 Å². The van der Waals surface area contributed by atoms with E-state index in [1.54, 1.807) is 17.2 Å². The highest BCUT2D eigenvalue weighted by Crippen LogP contribution is 2.49. The van der Waals surface area contributed by atoms with E-state index in [4.69, 9.17) is 0 Å². The van der Waals surface area contributed by atoms with Gasteiger partial charge in [-0.1, -0.05) is 6.42 Å². The van der Waals surface area contributed by atoms with E-state index in [0.717, 1.165) is 12.8 Å². The number of rotatable bonds is 2. The Morgan fingerprint density at radius 2 is 2.44 bits per heavy atom. The zero-order valence-electron chi connectivity index (χ0n) is 9.97. The maximum atomic E-state index is 13.7. The molecule has 0 aromatic carbocycles. The third-order valence-corrected chi connectivity index (χ3v) is 4.34. The Labute approximate surface area is 104 Å². The Balaban J connectivity index is 1.92. The van der Waals surface area contributed by atoms with Gasteiger partial charge in [0, 0.05) is 19.3 Å². The molecular formula is C13H15FN2O2. The molecule has 5 heteroatoms. The van der Waals surface area contributed by atoms with Crippen molar-refractivity contribution >= 4 is 11.8 Å². The van der Waals surface area contributed by atoms with Gasteiger partial charge >= 0.3 is 5.97 Å². The normalized spacial score (nSPS) is 30.5. The van der Waals surface area contributed by atoms with Gasteiger partial charge in [0.1, 0.15) is 0 Å². The Kier molecular flexibility index (Phi) is 2.50. The molecule has 0 amide bonds. The lowest BCUT2D eigenvalue weighted by atomic mass is 9.81. The van der Waals surface area contributed by atoms with E-state index in [0.29, 0.717) is 19.5 Å². The molecule has 1 N–H and O–H groups in total. The molecule has 18 heavy (non-hydrogen) atoms. The predicted molar refractivity (Wildman–Crippen MR) is 63.8 cm³/mol. The van der Waals surface area contributed by atoms with Gasteiger partial charge < -0.3 is 10.0 Å². The van der Waals surface area contributed by atoms with E-state index in [1.807, 2.05) is 0 Å². The van der Waals surface area contributed by atoms with Crippen molar-refractivity contribution in [2.24, 2.45) is 11.3 Å². The van der Waals surface area contributed by atoms with Crippen LogP contribution in [-0.2, 0) is 4.79 Å². The van der Waals surface area contributed by atoms with Crippen LogP contribution in [0.4, 0.5) is 10.2 Å². The van der Waals surface area contributed by atoms with Crippen molar-refractivity contribution in [3.63, 3.8) is 0 Å². The van der Waals surface area contributed by atoms with E-state index < -0.39 is 11.4 Å². The standard InChI is InChI=1S/C13H15FN2O2/c14-10-4-2-6-15-11(10)16-7-9-3-1-5-13(9,8-16)12(17)18/h2,4,6,9H,1,3,5,7-8H2,(H,17,18)/t9-,13+/m0/s1. The lowest BCUT2D eigenvalue weighted by Gasteiger charge is -2.23. The van der Waals surface area contributed by atoms with E-state index in [-0.39, 0.29) is 17.6 Å². The largest absolute Gasteiger partial charge is 0.481 e.